The van der Waals surface area contributed by atoms with Crippen LogP contribution in [0.4, 0.5) is 4.39 Å². The lowest BCUT2D eigenvalue weighted by Gasteiger charge is -2.29. The standard InChI is InChI=1S/C19H23FN2O2/c1-3-5-13-11-23-19(24-12-13)15-8-6-14(7-9-15)16-10-21-17(4-2)22-18(16)20/h6-10,13,19H,3-5,11-12H2,1-2H3. The van der Waals surface area contributed by atoms with Crippen molar-refractivity contribution in [1.82, 2.24) is 9.97 Å². The number of halogens is 1. The Morgan fingerprint density at radius 3 is 2.42 bits per heavy atom. The summed E-state index contributed by atoms with van der Waals surface area (Å²) in [6, 6.07) is 7.53. The van der Waals surface area contributed by atoms with Crippen LogP contribution >= 0.6 is 0 Å². The molecule has 3 rings (SSSR count). The highest BCUT2D eigenvalue weighted by Gasteiger charge is 2.23. The van der Waals surface area contributed by atoms with Crippen molar-refractivity contribution in [2.45, 2.75) is 39.4 Å². The van der Waals surface area contributed by atoms with E-state index in [9.17, 15) is 4.39 Å². The Morgan fingerprint density at radius 2 is 1.83 bits per heavy atom. The molecule has 1 aromatic carbocycles. The minimum absolute atomic E-state index is 0.337. The van der Waals surface area contributed by atoms with Crippen LogP contribution < -0.4 is 0 Å². The van der Waals surface area contributed by atoms with Crippen molar-refractivity contribution in [3.8, 4) is 11.1 Å². The SMILES string of the molecule is CCCC1COC(c2ccc(-c3cnc(CC)nc3F)cc2)OC1. The van der Waals surface area contributed by atoms with Crippen LogP contribution in [0, 0.1) is 11.9 Å². The molecule has 1 fully saturated rings. The molecular formula is C19H23FN2O2. The fourth-order valence-corrected chi connectivity index (χ4v) is 2.89. The van der Waals surface area contributed by atoms with Gasteiger partial charge in [0.05, 0.1) is 18.8 Å². The predicted octanol–water partition coefficient (Wildman–Crippen LogP) is 4.31. The molecule has 2 aromatic rings. The van der Waals surface area contributed by atoms with Gasteiger partial charge in [-0.1, -0.05) is 44.5 Å². The minimum Gasteiger partial charge on any atom is -0.348 e. The number of hydrogen-bond donors (Lipinski definition) is 0. The molecule has 1 aliphatic heterocycles. The van der Waals surface area contributed by atoms with Gasteiger partial charge >= 0.3 is 0 Å². The highest BCUT2D eigenvalue weighted by atomic mass is 19.1. The van der Waals surface area contributed by atoms with E-state index in [0.717, 1.165) is 37.2 Å². The highest BCUT2D eigenvalue weighted by Crippen LogP contribution is 2.29. The molecule has 0 unspecified atom stereocenters. The van der Waals surface area contributed by atoms with Gasteiger partial charge in [-0.05, 0) is 12.0 Å². The van der Waals surface area contributed by atoms with Crippen LogP contribution in [0.2, 0.25) is 0 Å². The Kier molecular flexibility index (Phi) is 5.53. The molecule has 1 saturated heterocycles. The zero-order valence-electron chi connectivity index (χ0n) is 14.2. The normalized spacial score (nSPS) is 21.0. The first-order chi connectivity index (χ1) is 11.7. The third kappa shape index (κ3) is 3.79. The zero-order valence-corrected chi connectivity index (χ0v) is 14.2. The van der Waals surface area contributed by atoms with Crippen molar-refractivity contribution in [3.05, 3.63) is 47.8 Å². The summed E-state index contributed by atoms with van der Waals surface area (Å²) >= 11 is 0. The van der Waals surface area contributed by atoms with Crippen molar-refractivity contribution in [2.75, 3.05) is 13.2 Å². The van der Waals surface area contributed by atoms with Crippen molar-refractivity contribution < 1.29 is 13.9 Å². The van der Waals surface area contributed by atoms with E-state index >= 15 is 0 Å². The summed E-state index contributed by atoms with van der Waals surface area (Å²) in [6.45, 7) is 5.52. The molecule has 24 heavy (non-hydrogen) atoms. The third-order valence-corrected chi connectivity index (χ3v) is 4.27. The number of hydrogen-bond acceptors (Lipinski definition) is 4. The Hall–Kier alpha value is -1.85. The van der Waals surface area contributed by atoms with Crippen LogP contribution in [-0.2, 0) is 15.9 Å². The summed E-state index contributed by atoms with van der Waals surface area (Å²) in [6.07, 6.45) is 4.08. The van der Waals surface area contributed by atoms with Gasteiger partial charge in [-0.2, -0.15) is 4.39 Å². The van der Waals surface area contributed by atoms with E-state index in [1.54, 1.807) is 6.20 Å². The number of benzene rings is 1. The van der Waals surface area contributed by atoms with Crippen molar-refractivity contribution in [2.24, 2.45) is 5.92 Å². The van der Waals surface area contributed by atoms with Crippen LogP contribution in [0.25, 0.3) is 11.1 Å². The molecule has 5 heteroatoms. The second kappa shape index (κ2) is 7.81. The van der Waals surface area contributed by atoms with Crippen molar-refractivity contribution in [1.29, 1.82) is 0 Å². The number of rotatable bonds is 5. The zero-order chi connectivity index (χ0) is 16.9. The molecule has 0 aliphatic carbocycles. The summed E-state index contributed by atoms with van der Waals surface area (Å²) in [5.74, 6) is 0.509. The first-order valence-electron chi connectivity index (χ1n) is 8.56. The topological polar surface area (TPSA) is 44.2 Å². The van der Waals surface area contributed by atoms with Gasteiger partial charge < -0.3 is 9.47 Å². The maximum Gasteiger partial charge on any atom is 0.224 e. The molecule has 0 radical (unpaired) electrons. The average Bonchev–Trinajstić information content (AvgIpc) is 2.63. The molecule has 0 atom stereocenters. The van der Waals surface area contributed by atoms with Gasteiger partial charge in [0.15, 0.2) is 6.29 Å². The van der Waals surface area contributed by atoms with Gasteiger partial charge in [-0.25, -0.2) is 9.97 Å². The molecule has 0 spiro atoms. The first-order valence-corrected chi connectivity index (χ1v) is 8.56. The second-order valence-electron chi connectivity index (χ2n) is 6.12. The Balaban J connectivity index is 1.70. The van der Waals surface area contributed by atoms with Gasteiger partial charge in [0.25, 0.3) is 0 Å². The predicted molar refractivity (Wildman–Crippen MR) is 89.8 cm³/mol. The molecular weight excluding hydrogens is 307 g/mol. The minimum atomic E-state index is -0.484. The first kappa shape index (κ1) is 17.0. The summed E-state index contributed by atoms with van der Waals surface area (Å²) in [7, 11) is 0. The number of nitrogens with zero attached hydrogens (tertiary/aromatic N) is 2. The van der Waals surface area contributed by atoms with E-state index in [1.165, 1.54) is 0 Å². The largest absolute Gasteiger partial charge is 0.348 e. The van der Waals surface area contributed by atoms with E-state index < -0.39 is 5.95 Å². The van der Waals surface area contributed by atoms with Gasteiger partial charge in [-0.3, -0.25) is 0 Å². The van der Waals surface area contributed by atoms with Gasteiger partial charge in [0.2, 0.25) is 5.95 Å². The summed E-state index contributed by atoms with van der Waals surface area (Å²) in [5, 5.41) is 0. The van der Waals surface area contributed by atoms with Gasteiger partial charge in [-0.15, -0.1) is 0 Å². The molecule has 1 aliphatic rings. The molecule has 0 saturated carbocycles. The number of ether oxygens (including phenoxy) is 2. The lowest BCUT2D eigenvalue weighted by Crippen LogP contribution is -2.26. The maximum atomic E-state index is 14.1. The quantitative estimate of drug-likeness (QED) is 0.767. The summed E-state index contributed by atoms with van der Waals surface area (Å²) in [5.41, 5.74) is 2.10. The van der Waals surface area contributed by atoms with Crippen molar-refractivity contribution in [3.63, 3.8) is 0 Å². The Bertz CT molecular complexity index is 668. The molecule has 0 bridgehead atoms. The Morgan fingerprint density at radius 1 is 1.12 bits per heavy atom. The lowest BCUT2D eigenvalue weighted by atomic mass is 10.0. The van der Waals surface area contributed by atoms with Crippen LogP contribution in [0.15, 0.2) is 30.5 Å². The fraction of sp³-hybridized carbons (Fsp3) is 0.474. The molecule has 1 aromatic heterocycles. The third-order valence-electron chi connectivity index (χ3n) is 4.27. The smallest absolute Gasteiger partial charge is 0.224 e. The fourth-order valence-electron chi connectivity index (χ4n) is 2.89. The average molecular weight is 330 g/mol. The van der Waals surface area contributed by atoms with E-state index in [-0.39, 0.29) is 6.29 Å². The molecule has 4 nitrogen and oxygen atoms in total. The number of aryl methyl sites for hydroxylation is 1. The lowest BCUT2D eigenvalue weighted by molar-refractivity contribution is -0.206. The molecule has 128 valence electrons. The summed E-state index contributed by atoms with van der Waals surface area (Å²) in [4.78, 5) is 8.05. The van der Waals surface area contributed by atoms with E-state index in [0.29, 0.717) is 23.7 Å². The molecule has 2 heterocycles. The Labute approximate surface area is 142 Å². The summed E-state index contributed by atoms with van der Waals surface area (Å²) < 4.78 is 25.7. The van der Waals surface area contributed by atoms with Crippen LogP contribution in [0.5, 0.6) is 0 Å². The molecule has 0 amide bonds. The number of aromatic nitrogens is 2. The van der Waals surface area contributed by atoms with Gasteiger partial charge in [0.1, 0.15) is 5.82 Å². The van der Waals surface area contributed by atoms with E-state index in [2.05, 4.69) is 16.9 Å². The van der Waals surface area contributed by atoms with E-state index in [4.69, 9.17) is 9.47 Å². The van der Waals surface area contributed by atoms with Crippen LogP contribution in [0.3, 0.4) is 0 Å². The second-order valence-corrected chi connectivity index (χ2v) is 6.12. The van der Waals surface area contributed by atoms with Crippen LogP contribution in [0.1, 0.15) is 44.4 Å². The van der Waals surface area contributed by atoms with Gasteiger partial charge in [0, 0.05) is 24.1 Å². The monoisotopic (exact) mass is 330 g/mol. The van der Waals surface area contributed by atoms with Crippen LogP contribution in [-0.4, -0.2) is 23.2 Å². The molecule has 0 N–H and O–H groups in total. The van der Waals surface area contributed by atoms with E-state index in [1.807, 2.05) is 31.2 Å². The highest BCUT2D eigenvalue weighted by molar-refractivity contribution is 5.62. The van der Waals surface area contributed by atoms with Crippen molar-refractivity contribution >= 4 is 0 Å². The maximum absolute atomic E-state index is 14.1.